The Balaban J connectivity index is 1.44. The smallest absolute Gasteiger partial charge is 0.312 e. The summed E-state index contributed by atoms with van der Waals surface area (Å²) in [6, 6.07) is 18.9. The Bertz CT molecular complexity index is 3020. The third-order valence-corrected chi connectivity index (χ3v) is 13.2. The van der Waals surface area contributed by atoms with Gasteiger partial charge in [-0.2, -0.15) is 70.2 Å². The molecule has 19 heteroatoms. The van der Waals surface area contributed by atoms with Crippen molar-refractivity contribution in [3.8, 4) is 0 Å². The van der Waals surface area contributed by atoms with Gasteiger partial charge in [-0.3, -0.25) is 0 Å². The van der Waals surface area contributed by atoms with E-state index in [1.165, 1.54) is 48.5 Å². The van der Waals surface area contributed by atoms with E-state index in [0.29, 0.717) is 22.1 Å². The maximum Gasteiger partial charge on any atom is 0.382 e. The van der Waals surface area contributed by atoms with Crippen LogP contribution in [0.1, 0.15) is 38.9 Å². The first-order valence-electron chi connectivity index (χ1n) is 19.5. The number of anilines is 3. The minimum atomic E-state index is -6.75. The Hall–Kier alpha value is -5.61. The van der Waals surface area contributed by atoms with E-state index in [1.54, 1.807) is 45.0 Å². The van der Waals surface area contributed by atoms with Crippen molar-refractivity contribution in [1.29, 1.82) is 0 Å². The van der Waals surface area contributed by atoms with Crippen LogP contribution in [0.15, 0.2) is 97.1 Å². The van der Waals surface area contributed by atoms with Gasteiger partial charge < -0.3 is 4.90 Å². The summed E-state index contributed by atoms with van der Waals surface area (Å²) < 4.78 is 249. The van der Waals surface area contributed by atoms with E-state index in [2.05, 4.69) is 0 Å². The maximum absolute atomic E-state index is 16.0. The zero-order valence-corrected chi connectivity index (χ0v) is 32.9. The van der Waals surface area contributed by atoms with E-state index >= 15 is 70.2 Å². The fraction of sp³-hybridized carbons (Fsp3) is 0.244. The first kappa shape index (κ1) is 42.3. The second-order valence-corrected chi connectivity index (χ2v) is 16.9. The fourth-order valence-corrected chi connectivity index (χ4v) is 10.4. The van der Waals surface area contributed by atoms with Crippen molar-refractivity contribution in [3.05, 3.63) is 136 Å². The lowest BCUT2D eigenvalue weighted by molar-refractivity contribution is -0.386. The molecule has 0 N–H and O–H groups in total. The molecule has 2 aliphatic heterocycles. The van der Waals surface area contributed by atoms with E-state index in [4.69, 9.17) is 0 Å². The van der Waals surface area contributed by atoms with Crippen molar-refractivity contribution < 1.29 is 70.2 Å². The van der Waals surface area contributed by atoms with Crippen LogP contribution < -0.4 is 37.7 Å². The van der Waals surface area contributed by atoms with Crippen LogP contribution in [0.25, 0.3) is 10.8 Å². The van der Waals surface area contributed by atoms with Gasteiger partial charge in [0.15, 0.2) is 0 Å². The Labute approximate surface area is 352 Å². The molecule has 2 aliphatic carbocycles. The molecule has 0 unspecified atom stereocenters. The highest BCUT2D eigenvalue weighted by Gasteiger charge is 2.86. The normalized spacial score (nSPS) is 21.6. The average molecular weight is 905 g/mol. The average Bonchev–Trinajstić information content (AvgIpc) is 3.22. The summed E-state index contributed by atoms with van der Waals surface area (Å²) in [5.74, 6) is -51.0. The number of aryl methyl sites for hydroxylation is 3. The van der Waals surface area contributed by atoms with Crippen LogP contribution in [0.5, 0.6) is 0 Å². The summed E-state index contributed by atoms with van der Waals surface area (Å²) in [7, 11) is 0. The molecule has 0 saturated heterocycles. The highest BCUT2D eigenvalue weighted by atomic mass is 19.4. The summed E-state index contributed by atoms with van der Waals surface area (Å²) in [6.07, 6.45) is 0. The topological polar surface area (TPSA) is 3.24 Å². The van der Waals surface area contributed by atoms with Crippen molar-refractivity contribution in [1.82, 2.24) is 0 Å². The van der Waals surface area contributed by atoms with Gasteiger partial charge in [0, 0.05) is 39.3 Å². The molecule has 0 amide bonds. The van der Waals surface area contributed by atoms with Gasteiger partial charge in [0.2, 0.25) is 13.4 Å². The number of hydrogen-bond donors (Lipinski definition) is 0. The molecule has 0 atom stereocenters. The lowest BCUT2D eigenvalue weighted by Gasteiger charge is -2.48. The minimum absolute atomic E-state index is 0.0532. The summed E-state index contributed by atoms with van der Waals surface area (Å²) in [5.41, 5.74) is -9.79. The van der Waals surface area contributed by atoms with E-state index in [-0.39, 0.29) is 57.2 Å². The third-order valence-electron chi connectivity index (χ3n) is 13.2. The predicted octanol–water partition coefficient (Wildman–Crippen LogP) is 9.83. The lowest BCUT2D eigenvalue weighted by atomic mass is 9.29. The SMILES string of the molecule is Cc1cc(C)c(B2c3cc4c(cc3N3c5cc6c(cc5B(c5ccccc5)c5c3c2cc2ccccc52)C(F)(F)C(F)(F)C(F)(F)C6(F)F)C(F)(F)C(F)(F)C(F)(F)C4(F)F)c(C)c1. The van der Waals surface area contributed by atoms with Crippen LogP contribution in [0.4, 0.5) is 87.3 Å². The van der Waals surface area contributed by atoms with Crippen molar-refractivity contribution in [2.45, 2.75) is 68.2 Å². The van der Waals surface area contributed by atoms with Gasteiger partial charge in [0.25, 0.3) is 0 Å². The molecule has 2 heterocycles. The largest absolute Gasteiger partial charge is 0.382 e. The molecule has 4 aliphatic rings. The number of benzene rings is 6. The van der Waals surface area contributed by atoms with Crippen molar-refractivity contribution in [3.63, 3.8) is 0 Å². The molecule has 1 nitrogen and oxygen atoms in total. The zero-order valence-electron chi connectivity index (χ0n) is 32.9. The summed E-state index contributed by atoms with van der Waals surface area (Å²) in [5, 5.41) is 0.608. The molecule has 0 fully saturated rings. The third kappa shape index (κ3) is 4.72. The van der Waals surface area contributed by atoms with Crippen molar-refractivity contribution in [2.75, 3.05) is 4.90 Å². The second-order valence-electron chi connectivity index (χ2n) is 16.9. The fourth-order valence-electron chi connectivity index (χ4n) is 10.4. The number of hydrogen-bond acceptors (Lipinski definition) is 1. The first-order chi connectivity index (χ1) is 29.6. The highest BCUT2D eigenvalue weighted by Crippen LogP contribution is 2.67. The van der Waals surface area contributed by atoms with E-state index in [9.17, 15) is 0 Å². The number of fused-ring (bicyclic) bond motifs is 8. The molecule has 0 saturated carbocycles. The lowest BCUT2D eigenvalue weighted by Crippen LogP contribution is -2.68. The van der Waals surface area contributed by atoms with Crippen molar-refractivity contribution >= 4 is 74.0 Å². The second kappa shape index (κ2) is 12.4. The Morgan fingerprint density at radius 2 is 0.812 bits per heavy atom. The molecule has 328 valence electrons. The Morgan fingerprint density at radius 3 is 1.28 bits per heavy atom. The van der Waals surface area contributed by atoms with E-state index in [1.807, 2.05) is 0 Å². The van der Waals surface area contributed by atoms with Crippen LogP contribution in [-0.2, 0) is 23.7 Å². The molecule has 0 radical (unpaired) electrons. The molecule has 0 bridgehead atoms. The van der Waals surface area contributed by atoms with Crippen LogP contribution in [-0.4, -0.2) is 37.1 Å². The van der Waals surface area contributed by atoms with Gasteiger partial charge in [-0.25, -0.2) is 0 Å². The first-order valence-corrected chi connectivity index (χ1v) is 19.5. The quantitative estimate of drug-likeness (QED) is 0.124. The predicted molar refractivity (Wildman–Crippen MR) is 210 cm³/mol. The minimum Gasteiger partial charge on any atom is -0.312 e. The summed E-state index contributed by atoms with van der Waals surface area (Å²) in [6.45, 7) is 2.00. The van der Waals surface area contributed by atoms with Gasteiger partial charge >= 0.3 is 47.4 Å². The van der Waals surface area contributed by atoms with Gasteiger partial charge in [0.1, 0.15) is 0 Å². The number of halogens is 16. The van der Waals surface area contributed by atoms with Gasteiger partial charge in [-0.05, 0) is 65.5 Å². The zero-order chi connectivity index (χ0) is 46.4. The summed E-state index contributed by atoms with van der Waals surface area (Å²) in [4.78, 5) is 0.787. The highest BCUT2D eigenvalue weighted by molar-refractivity contribution is 7.03. The number of nitrogens with zero attached hydrogens (tertiary/aromatic N) is 1. The molecular weight excluding hydrogens is 880 g/mol. The van der Waals surface area contributed by atoms with E-state index in [0.717, 1.165) is 4.90 Å². The van der Waals surface area contributed by atoms with Crippen LogP contribution in [0.3, 0.4) is 0 Å². The number of alkyl halides is 16. The van der Waals surface area contributed by atoms with Crippen molar-refractivity contribution in [2.24, 2.45) is 0 Å². The molecule has 10 rings (SSSR count). The van der Waals surface area contributed by atoms with Gasteiger partial charge in [-0.1, -0.05) is 113 Å². The summed E-state index contributed by atoms with van der Waals surface area (Å²) >= 11 is 0. The molecule has 0 spiro atoms. The van der Waals surface area contributed by atoms with Crippen LogP contribution >= 0.6 is 0 Å². The molecule has 6 aromatic rings. The Morgan fingerprint density at radius 1 is 0.406 bits per heavy atom. The Kier molecular flexibility index (Phi) is 8.19. The van der Waals surface area contributed by atoms with Gasteiger partial charge in [-0.15, -0.1) is 0 Å². The molecular formula is C45H25B2F16N. The monoisotopic (exact) mass is 905 g/mol. The maximum atomic E-state index is 16.0. The standard InChI is InChI=1S/C45H25B2F16N/c1-20-13-21(2)35(22(3)14-20)47-31-17-27-29(41(54,55)45(62,63)43(58,59)39(27,50)51)19-34(31)64-33-18-28-26(38(48,49)42(56,57)44(60,61)40(28,52)53)16-30(33)46(24-10-5-4-6-11-24)36-25-12-8-7-9-23(25)15-32(47)37(36)64/h4-19H,1-3H3. The molecule has 64 heavy (non-hydrogen) atoms. The molecule has 0 aromatic heterocycles. The molecule has 6 aromatic carbocycles. The number of rotatable bonds is 2. The van der Waals surface area contributed by atoms with Crippen LogP contribution in [0.2, 0.25) is 0 Å². The van der Waals surface area contributed by atoms with Crippen LogP contribution in [0, 0.1) is 20.8 Å². The van der Waals surface area contributed by atoms with E-state index < -0.39 is 105 Å². The van der Waals surface area contributed by atoms with Gasteiger partial charge in [0.05, 0.1) is 0 Å².